The molecule has 2 unspecified atom stereocenters. The summed E-state index contributed by atoms with van der Waals surface area (Å²) in [5.74, 6) is 2.45. The fourth-order valence-corrected chi connectivity index (χ4v) is 1.52. The maximum atomic E-state index is 8.69. The molecule has 1 aromatic heterocycles. The zero-order valence-electron chi connectivity index (χ0n) is 8.20. The van der Waals surface area contributed by atoms with Crippen LogP contribution in [0.4, 0.5) is 5.82 Å². The van der Waals surface area contributed by atoms with Crippen molar-refractivity contribution in [1.29, 1.82) is 5.26 Å². The molecular formula is C11H13N3. The Kier molecular flexibility index (Phi) is 2.36. The van der Waals surface area contributed by atoms with Gasteiger partial charge in [0.1, 0.15) is 5.82 Å². The van der Waals surface area contributed by atoms with Gasteiger partial charge in [0.15, 0.2) is 0 Å². The van der Waals surface area contributed by atoms with Gasteiger partial charge in [-0.2, -0.15) is 5.26 Å². The van der Waals surface area contributed by atoms with E-state index >= 15 is 0 Å². The third kappa shape index (κ3) is 2.02. The largest absolute Gasteiger partial charge is 0.370 e. The van der Waals surface area contributed by atoms with E-state index in [1.165, 1.54) is 6.42 Å². The van der Waals surface area contributed by atoms with Crippen LogP contribution in [0.5, 0.6) is 0 Å². The van der Waals surface area contributed by atoms with Crippen LogP contribution in [0.1, 0.15) is 18.9 Å². The molecule has 1 heterocycles. The van der Waals surface area contributed by atoms with Gasteiger partial charge in [-0.25, -0.2) is 4.98 Å². The summed E-state index contributed by atoms with van der Waals surface area (Å²) in [6.07, 6.45) is 2.97. The van der Waals surface area contributed by atoms with Gasteiger partial charge in [0.25, 0.3) is 0 Å². The quantitative estimate of drug-likeness (QED) is 0.787. The van der Waals surface area contributed by atoms with Gasteiger partial charge < -0.3 is 5.32 Å². The number of hydrogen-bond donors (Lipinski definition) is 1. The minimum Gasteiger partial charge on any atom is -0.370 e. The number of pyridine rings is 1. The molecule has 1 fully saturated rings. The van der Waals surface area contributed by atoms with Crippen molar-refractivity contribution in [1.82, 2.24) is 4.98 Å². The smallest absolute Gasteiger partial charge is 0.127 e. The SMILES string of the molecule is CC1CC1CNc1cc(C#N)ccn1. The molecule has 1 saturated carbocycles. The molecule has 1 aliphatic carbocycles. The third-order valence-corrected chi connectivity index (χ3v) is 2.71. The van der Waals surface area contributed by atoms with Gasteiger partial charge in [0.05, 0.1) is 11.6 Å². The highest BCUT2D eigenvalue weighted by atomic mass is 15.0. The van der Waals surface area contributed by atoms with Crippen LogP contribution in [-0.2, 0) is 0 Å². The molecule has 3 nitrogen and oxygen atoms in total. The van der Waals surface area contributed by atoms with Crippen molar-refractivity contribution in [2.45, 2.75) is 13.3 Å². The van der Waals surface area contributed by atoms with E-state index in [0.29, 0.717) is 5.56 Å². The van der Waals surface area contributed by atoms with Crippen LogP contribution in [0, 0.1) is 23.2 Å². The summed E-state index contributed by atoms with van der Waals surface area (Å²) in [6, 6.07) is 5.60. The average Bonchev–Trinajstić information content (AvgIpc) is 2.92. The van der Waals surface area contributed by atoms with Gasteiger partial charge in [-0.3, -0.25) is 0 Å². The zero-order chi connectivity index (χ0) is 9.97. The van der Waals surface area contributed by atoms with E-state index in [-0.39, 0.29) is 0 Å². The molecule has 14 heavy (non-hydrogen) atoms. The molecule has 0 aromatic carbocycles. The van der Waals surface area contributed by atoms with Crippen molar-refractivity contribution in [3.63, 3.8) is 0 Å². The molecule has 1 aliphatic rings. The normalized spacial score (nSPS) is 24.0. The third-order valence-electron chi connectivity index (χ3n) is 2.71. The van der Waals surface area contributed by atoms with Gasteiger partial charge in [-0.05, 0) is 30.4 Å². The first-order chi connectivity index (χ1) is 6.79. The minimum absolute atomic E-state index is 0.659. The summed E-state index contributed by atoms with van der Waals surface area (Å²) in [5, 5.41) is 11.9. The summed E-state index contributed by atoms with van der Waals surface area (Å²) in [5.41, 5.74) is 0.659. The number of aromatic nitrogens is 1. The Bertz CT molecular complexity index is 367. The second-order valence-electron chi connectivity index (χ2n) is 3.90. The van der Waals surface area contributed by atoms with Crippen LogP contribution in [0.15, 0.2) is 18.3 Å². The van der Waals surface area contributed by atoms with E-state index in [1.54, 1.807) is 18.3 Å². The lowest BCUT2D eigenvalue weighted by Gasteiger charge is -2.03. The number of anilines is 1. The lowest BCUT2D eigenvalue weighted by molar-refractivity contribution is 0.784. The van der Waals surface area contributed by atoms with Gasteiger partial charge in [0, 0.05) is 12.7 Å². The highest BCUT2D eigenvalue weighted by Crippen LogP contribution is 2.37. The van der Waals surface area contributed by atoms with Crippen molar-refractivity contribution in [2.75, 3.05) is 11.9 Å². The van der Waals surface area contributed by atoms with E-state index in [4.69, 9.17) is 5.26 Å². The van der Waals surface area contributed by atoms with E-state index < -0.39 is 0 Å². The first-order valence-corrected chi connectivity index (χ1v) is 4.89. The van der Waals surface area contributed by atoms with Crippen molar-refractivity contribution in [3.05, 3.63) is 23.9 Å². The predicted molar refractivity (Wildman–Crippen MR) is 54.7 cm³/mol. The van der Waals surface area contributed by atoms with Crippen molar-refractivity contribution in [3.8, 4) is 6.07 Å². The molecule has 2 atom stereocenters. The second-order valence-corrected chi connectivity index (χ2v) is 3.90. The minimum atomic E-state index is 0.659. The van der Waals surface area contributed by atoms with Gasteiger partial charge in [-0.15, -0.1) is 0 Å². The fraction of sp³-hybridized carbons (Fsp3) is 0.455. The monoisotopic (exact) mass is 187 g/mol. The molecule has 0 radical (unpaired) electrons. The Morgan fingerprint density at radius 2 is 2.50 bits per heavy atom. The Hall–Kier alpha value is -1.56. The van der Waals surface area contributed by atoms with E-state index in [2.05, 4.69) is 23.3 Å². The Labute approximate surface area is 83.8 Å². The maximum absolute atomic E-state index is 8.69. The lowest BCUT2D eigenvalue weighted by Crippen LogP contribution is -2.05. The van der Waals surface area contributed by atoms with Crippen LogP contribution >= 0.6 is 0 Å². The summed E-state index contributed by atoms with van der Waals surface area (Å²) >= 11 is 0. The Balaban J connectivity index is 1.92. The van der Waals surface area contributed by atoms with Crippen molar-refractivity contribution >= 4 is 5.82 Å². The predicted octanol–water partition coefficient (Wildman–Crippen LogP) is 2.02. The summed E-state index contributed by atoms with van der Waals surface area (Å²) in [4.78, 5) is 4.15. The van der Waals surface area contributed by atoms with Crippen molar-refractivity contribution in [2.24, 2.45) is 11.8 Å². The number of hydrogen-bond acceptors (Lipinski definition) is 3. The summed E-state index contributed by atoms with van der Waals surface area (Å²) in [6.45, 7) is 3.23. The molecule has 0 spiro atoms. The van der Waals surface area contributed by atoms with E-state index in [1.807, 2.05) is 0 Å². The zero-order valence-corrected chi connectivity index (χ0v) is 8.20. The van der Waals surface area contributed by atoms with Gasteiger partial charge in [0.2, 0.25) is 0 Å². The number of nitrogens with zero attached hydrogens (tertiary/aromatic N) is 2. The molecule has 0 aliphatic heterocycles. The summed E-state index contributed by atoms with van der Waals surface area (Å²) < 4.78 is 0. The van der Waals surface area contributed by atoms with Crippen LogP contribution in [0.3, 0.4) is 0 Å². The lowest BCUT2D eigenvalue weighted by atomic mass is 10.3. The number of nitriles is 1. The summed E-state index contributed by atoms with van der Waals surface area (Å²) in [7, 11) is 0. The number of nitrogens with one attached hydrogen (secondary N) is 1. The molecule has 1 aromatic rings. The second kappa shape index (κ2) is 3.67. The van der Waals surface area contributed by atoms with Crippen LogP contribution in [0.25, 0.3) is 0 Å². The average molecular weight is 187 g/mol. The Morgan fingerprint density at radius 1 is 1.71 bits per heavy atom. The highest BCUT2D eigenvalue weighted by Gasteiger charge is 2.31. The molecule has 3 heteroatoms. The fourth-order valence-electron chi connectivity index (χ4n) is 1.52. The number of rotatable bonds is 3. The van der Waals surface area contributed by atoms with Crippen LogP contribution in [-0.4, -0.2) is 11.5 Å². The van der Waals surface area contributed by atoms with Gasteiger partial charge >= 0.3 is 0 Å². The molecule has 0 bridgehead atoms. The van der Waals surface area contributed by atoms with Crippen molar-refractivity contribution < 1.29 is 0 Å². The molecule has 0 saturated heterocycles. The van der Waals surface area contributed by atoms with E-state index in [9.17, 15) is 0 Å². The first kappa shape index (κ1) is 9.01. The molecule has 72 valence electrons. The molecule has 0 amide bonds. The highest BCUT2D eigenvalue weighted by molar-refractivity contribution is 5.42. The topological polar surface area (TPSA) is 48.7 Å². The van der Waals surface area contributed by atoms with Crippen LogP contribution in [0.2, 0.25) is 0 Å². The Morgan fingerprint density at radius 3 is 3.14 bits per heavy atom. The van der Waals surface area contributed by atoms with Gasteiger partial charge in [-0.1, -0.05) is 6.92 Å². The molecule has 2 rings (SSSR count). The van der Waals surface area contributed by atoms with Crippen LogP contribution < -0.4 is 5.32 Å². The molecule has 1 N–H and O–H groups in total. The van der Waals surface area contributed by atoms with E-state index in [0.717, 1.165) is 24.2 Å². The molecular weight excluding hydrogens is 174 g/mol. The maximum Gasteiger partial charge on any atom is 0.127 e. The standard InChI is InChI=1S/C11H13N3/c1-8-4-10(8)7-14-11-5-9(6-12)2-3-13-11/h2-3,5,8,10H,4,7H2,1H3,(H,13,14). The first-order valence-electron chi connectivity index (χ1n) is 4.89.